The van der Waals surface area contributed by atoms with Gasteiger partial charge in [-0.2, -0.15) is 18.2 Å². The molecule has 0 aliphatic carbocycles. The minimum atomic E-state index is -4.87. The fraction of sp³-hybridized carbons (Fsp3) is 0.700. The maximum Gasteiger partial charge on any atom is 0.450 e. The maximum absolute atomic E-state index is 12.0. The summed E-state index contributed by atoms with van der Waals surface area (Å²) in [7, 11) is 0. The molecule has 0 aromatic carbocycles. The number of nitrogens with zero attached hydrogens (tertiary/aromatic N) is 2. The van der Waals surface area contributed by atoms with E-state index in [0.717, 1.165) is 12.8 Å². The first-order valence-corrected chi connectivity index (χ1v) is 5.47. The molecule has 8 heteroatoms. The van der Waals surface area contributed by atoms with Gasteiger partial charge in [0.25, 0.3) is 0 Å². The largest absolute Gasteiger partial charge is 0.450 e. The van der Waals surface area contributed by atoms with E-state index in [2.05, 4.69) is 14.7 Å². The van der Waals surface area contributed by atoms with Crippen molar-refractivity contribution in [2.24, 2.45) is 0 Å². The molecule has 1 aliphatic rings. The zero-order valence-corrected chi connectivity index (χ0v) is 9.37. The number of alkyl halides is 3. The molecule has 1 unspecified atom stereocenters. The monoisotopic (exact) mass is 264 g/mol. The first-order valence-electron chi connectivity index (χ1n) is 5.47. The predicted molar refractivity (Wildman–Crippen MR) is 51.9 cm³/mol. The second-order valence-electron chi connectivity index (χ2n) is 4.06. The van der Waals surface area contributed by atoms with Gasteiger partial charge >= 0.3 is 6.18 Å². The number of carbonyl (C=O) groups excluding carboxylic acids is 1. The molecule has 0 amide bonds. The van der Waals surface area contributed by atoms with Crippen LogP contribution in [0, 0.1) is 0 Å². The Kier molecular flexibility index (Phi) is 3.65. The van der Waals surface area contributed by atoms with Crippen LogP contribution in [-0.4, -0.2) is 35.3 Å². The second-order valence-corrected chi connectivity index (χ2v) is 4.06. The van der Waals surface area contributed by atoms with Crippen molar-refractivity contribution in [2.75, 3.05) is 13.2 Å². The van der Waals surface area contributed by atoms with Crippen LogP contribution in [0.4, 0.5) is 13.2 Å². The standard InChI is InChI=1S/C10H11F3N2O3/c11-10(12,13)7(16)4-8-14-9(15-18-8)6-2-1-3-17-5-6/h6H,1-5H2. The van der Waals surface area contributed by atoms with Crippen molar-refractivity contribution in [3.8, 4) is 0 Å². The lowest BCUT2D eigenvalue weighted by Crippen LogP contribution is -2.24. The molecule has 0 bridgehead atoms. The minimum Gasteiger partial charge on any atom is -0.381 e. The second kappa shape index (κ2) is 5.05. The van der Waals surface area contributed by atoms with Gasteiger partial charge < -0.3 is 9.26 Å². The van der Waals surface area contributed by atoms with Gasteiger partial charge in [0.05, 0.1) is 13.0 Å². The van der Waals surface area contributed by atoms with Crippen LogP contribution in [0.1, 0.15) is 30.5 Å². The van der Waals surface area contributed by atoms with Gasteiger partial charge in [0.1, 0.15) is 0 Å². The van der Waals surface area contributed by atoms with Crippen molar-refractivity contribution in [2.45, 2.75) is 31.4 Å². The lowest BCUT2D eigenvalue weighted by Gasteiger charge is -2.18. The Morgan fingerprint density at radius 1 is 1.44 bits per heavy atom. The van der Waals surface area contributed by atoms with E-state index < -0.39 is 18.4 Å². The summed E-state index contributed by atoms with van der Waals surface area (Å²) in [5, 5.41) is 3.59. The molecule has 1 saturated heterocycles. The number of rotatable bonds is 3. The van der Waals surface area contributed by atoms with Crippen LogP contribution in [0.5, 0.6) is 0 Å². The average molecular weight is 264 g/mol. The van der Waals surface area contributed by atoms with Crippen molar-refractivity contribution in [1.29, 1.82) is 0 Å². The SMILES string of the molecule is O=C(Cc1nc(C2CCCOC2)no1)C(F)(F)F. The highest BCUT2D eigenvalue weighted by Crippen LogP contribution is 2.24. The van der Waals surface area contributed by atoms with Gasteiger partial charge in [-0.1, -0.05) is 5.16 Å². The van der Waals surface area contributed by atoms with E-state index in [4.69, 9.17) is 4.74 Å². The average Bonchev–Trinajstić information content (AvgIpc) is 2.77. The van der Waals surface area contributed by atoms with Gasteiger partial charge in [0.15, 0.2) is 5.82 Å². The Morgan fingerprint density at radius 3 is 2.83 bits per heavy atom. The van der Waals surface area contributed by atoms with Crippen LogP contribution < -0.4 is 0 Å². The molecule has 0 saturated carbocycles. The summed E-state index contributed by atoms with van der Waals surface area (Å²) < 4.78 is 46.0. The van der Waals surface area contributed by atoms with Crippen molar-refractivity contribution in [3.05, 3.63) is 11.7 Å². The molecule has 1 aliphatic heterocycles. The smallest absolute Gasteiger partial charge is 0.381 e. The molecule has 2 heterocycles. The number of hydrogen-bond donors (Lipinski definition) is 0. The van der Waals surface area contributed by atoms with Crippen LogP contribution in [0.3, 0.4) is 0 Å². The molecule has 1 aromatic heterocycles. The number of ether oxygens (including phenoxy) is 1. The fourth-order valence-corrected chi connectivity index (χ4v) is 1.69. The van der Waals surface area contributed by atoms with E-state index in [1.807, 2.05) is 0 Å². The van der Waals surface area contributed by atoms with Gasteiger partial charge in [0, 0.05) is 12.5 Å². The summed E-state index contributed by atoms with van der Waals surface area (Å²) in [6.07, 6.45) is -4.14. The summed E-state index contributed by atoms with van der Waals surface area (Å²) in [6.45, 7) is 1.08. The molecular formula is C10H11F3N2O3. The Labute approximate surface area is 100 Å². The van der Waals surface area contributed by atoms with Gasteiger partial charge in [-0.25, -0.2) is 0 Å². The van der Waals surface area contributed by atoms with Crippen molar-refractivity contribution >= 4 is 5.78 Å². The van der Waals surface area contributed by atoms with Crippen LogP contribution in [-0.2, 0) is 16.0 Å². The Morgan fingerprint density at radius 2 is 2.22 bits per heavy atom. The Balaban J connectivity index is 1.99. The first-order chi connectivity index (χ1) is 8.47. The lowest BCUT2D eigenvalue weighted by atomic mass is 10.0. The van der Waals surface area contributed by atoms with E-state index in [1.165, 1.54) is 0 Å². The molecule has 0 N–H and O–H groups in total. The highest BCUT2D eigenvalue weighted by Gasteiger charge is 2.39. The van der Waals surface area contributed by atoms with Crippen LogP contribution in [0.2, 0.25) is 0 Å². The zero-order valence-electron chi connectivity index (χ0n) is 9.37. The summed E-state index contributed by atoms with van der Waals surface area (Å²) in [5.74, 6) is -1.97. The predicted octanol–water partition coefficient (Wildman–Crippen LogP) is 1.64. The van der Waals surface area contributed by atoms with Gasteiger partial charge in [0.2, 0.25) is 11.7 Å². The lowest BCUT2D eigenvalue weighted by molar-refractivity contribution is -0.170. The number of ketones is 1. The van der Waals surface area contributed by atoms with Crippen molar-refractivity contribution in [1.82, 2.24) is 10.1 Å². The third-order valence-corrected chi connectivity index (χ3v) is 2.64. The highest BCUT2D eigenvalue weighted by atomic mass is 19.4. The van der Waals surface area contributed by atoms with E-state index in [9.17, 15) is 18.0 Å². The van der Waals surface area contributed by atoms with Gasteiger partial charge in [-0.15, -0.1) is 0 Å². The number of hydrogen-bond acceptors (Lipinski definition) is 5. The van der Waals surface area contributed by atoms with E-state index in [-0.39, 0.29) is 11.8 Å². The van der Waals surface area contributed by atoms with E-state index in [0.29, 0.717) is 19.0 Å². The van der Waals surface area contributed by atoms with Crippen LogP contribution in [0.15, 0.2) is 4.52 Å². The number of aromatic nitrogens is 2. The molecule has 100 valence electrons. The highest BCUT2D eigenvalue weighted by molar-refractivity contribution is 5.85. The molecule has 5 nitrogen and oxygen atoms in total. The molecule has 1 atom stereocenters. The summed E-state index contributed by atoms with van der Waals surface area (Å²) in [4.78, 5) is 14.6. The molecule has 18 heavy (non-hydrogen) atoms. The van der Waals surface area contributed by atoms with Gasteiger partial charge in [-0.3, -0.25) is 4.79 Å². The number of Topliss-reactive ketones (excluding diaryl/α,β-unsaturated/α-hetero) is 1. The summed E-state index contributed by atoms with van der Waals surface area (Å²) >= 11 is 0. The minimum absolute atomic E-state index is 0.0720. The first kappa shape index (κ1) is 13.0. The normalized spacial score (nSPS) is 20.9. The number of halogens is 3. The zero-order chi connectivity index (χ0) is 13.2. The molecule has 2 rings (SSSR count). The summed E-state index contributed by atoms with van der Waals surface area (Å²) in [6, 6.07) is 0. The summed E-state index contributed by atoms with van der Waals surface area (Å²) in [5.41, 5.74) is 0. The fourth-order valence-electron chi connectivity index (χ4n) is 1.69. The molecule has 0 spiro atoms. The van der Waals surface area contributed by atoms with E-state index >= 15 is 0 Å². The quantitative estimate of drug-likeness (QED) is 0.830. The Hall–Kier alpha value is -1.44. The topological polar surface area (TPSA) is 65.2 Å². The molecule has 0 radical (unpaired) electrons. The van der Waals surface area contributed by atoms with Crippen molar-refractivity contribution < 1.29 is 27.2 Å². The van der Waals surface area contributed by atoms with Crippen molar-refractivity contribution in [3.63, 3.8) is 0 Å². The molecular weight excluding hydrogens is 253 g/mol. The molecule has 1 aromatic rings. The molecule has 1 fully saturated rings. The third-order valence-electron chi connectivity index (χ3n) is 2.64. The van der Waals surface area contributed by atoms with Crippen LogP contribution in [0.25, 0.3) is 0 Å². The van der Waals surface area contributed by atoms with Gasteiger partial charge in [-0.05, 0) is 12.8 Å². The number of carbonyl (C=O) groups is 1. The third kappa shape index (κ3) is 3.06. The Bertz CT molecular complexity index is 424. The maximum atomic E-state index is 12.0. The van der Waals surface area contributed by atoms with Crippen LogP contribution >= 0.6 is 0 Å². The van der Waals surface area contributed by atoms with E-state index in [1.54, 1.807) is 0 Å².